The van der Waals surface area contributed by atoms with Crippen LogP contribution < -0.4 is 15.2 Å². The normalized spacial score (nSPS) is 10.3. The van der Waals surface area contributed by atoms with Gasteiger partial charge in [-0.15, -0.1) is 0 Å². The molecule has 132 valence electrons. The second kappa shape index (κ2) is 8.54. The Kier molecular flexibility index (Phi) is 5.92. The summed E-state index contributed by atoms with van der Waals surface area (Å²) in [6.07, 6.45) is 0. The monoisotopic (exact) mass is 411 g/mol. The molecule has 0 atom stereocenters. The fourth-order valence-electron chi connectivity index (χ4n) is 2.45. The van der Waals surface area contributed by atoms with Crippen molar-refractivity contribution in [2.24, 2.45) is 5.73 Å². The van der Waals surface area contributed by atoms with E-state index in [-0.39, 0.29) is 0 Å². The Bertz CT molecular complexity index is 897. The lowest BCUT2D eigenvalue weighted by atomic mass is 10.2. The van der Waals surface area contributed by atoms with E-state index in [1.807, 2.05) is 54.6 Å². The molecule has 0 aliphatic carbocycles. The summed E-state index contributed by atoms with van der Waals surface area (Å²) in [5.41, 5.74) is 7.80. The van der Waals surface area contributed by atoms with Crippen LogP contribution in [0.5, 0.6) is 11.5 Å². The number of amides is 1. The van der Waals surface area contributed by atoms with Gasteiger partial charge in [-0.05, 0) is 41.5 Å². The summed E-state index contributed by atoms with van der Waals surface area (Å²) in [6, 6.07) is 22.8. The number of carbonyl (C=O) groups is 1. The van der Waals surface area contributed by atoms with Crippen molar-refractivity contribution in [3.8, 4) is 11.5 Å². The van der Waals surface area contributed by atoms with Crippen LogP contribution in [0.4, 0.5) is 0 Å². The lowest BCUT2D eigenvalue weighted by Crippen LogP contribution is -2.13. The third kappa shape index (κ3) is 4.86. The second-order valence-electron chi connectivity index (χ2n) is 5.72. The van der Waals surface area contributed by atoms with Gasteiger partial charge in [0.2, 0.25) is 0 Å². The minimum absolute atomic E-state index is 0.310. The molecule has 0 bridgehead atoms. The molecule has 0 radical (unpaired) electrons. The fourth-order valence-corrected chi connectivity index (χ4v) is 2.81. The molecule has 3 aromatic carbocycles. The van der Waals surface area contributed by atoms with E-state index in [1.54, 1.807) is 18.2 Å². The fraction of sp³-hybridized carbons (Fsp3) is 0.0952. The van der Waals surface area contributed by atoms with Crippen LogP contribution in [-0.4, -0.2) is 5.91 Å². The van der Waals surface area contributed by atoms with Crippen LogP contribution in [0.2, 0.25) is 0 Å². The Hall–Kier alpha value is -2.79. The van der Waals surface area contributed by atoms with Crippen molar-refractivity contribution in [2.75, 3.05) is 0 Å². The van der Waals surface area contributed by atoms with Crippen LogP contribution in [0, 0.1) is 0 Å². The molecule has 3 rings (SSSR count). The minimum atomic E-state index is -0.527. The lowest BCUT2D eigenvalue weighted by molar-refractivity contribution is 0.0996. The van der Waals surface area contributed by atoms with E-state index in [9.17, 15) is 4.79 Å². The first-order chi connectivity index (χ1) is 12.6. The Labute approximate surface area is 160 Å². The van der Waals surface area contributed by atoms with Crippen molar-refractivity contribution in [1.82, 2.24) is 0 Å². The topological polar surface area (TPSA) is 61.6 Å². The largest absolute Gasteiger partial charge is 0.489 e. The predicted molar refractivity (Wildman–Crippen MR) is 104 cm³/mol. The maximum atomic E-state index is 11.6. The first-order valence-corrected chi connectivity index (χ1v) is 8.89. The molecule has 0 saturated heterocycles. The Morgan fingerprint density at radius 2 is 1.58 bits per heavy atom. The molecular weight excluding hydrogens is 394 g/mol. The standard InChI is InChI=1S/C21H18BrNO3/c22-17-9-10-20(19(12-17)21(23)24)26-14-16-7-4-8-18(11-16)25-13-15-5-2-1-3-6-15/h1-12H,13-14H2,(H2,23,24). The number of hydrogen-bond acceptors (Lipinski definition) is 3. The Morgan fingerprint density at radius 3 is 2.35 bits per heavy atom. The van der Waals surface area contributed by atoms with E-state index in [0.29, 0.717) is 24.5 Å². The van der Waals surface area contributed by atoms with Gasteiger partial charge in [0.1, 0.15) is 24.7 Å². The molecule has 0 aliphatic rings. The summed E-state index contributed by atoms with van der Waals surface area (Å²) in [5, 5.41) is 0. The average Bonchev–Trinajstić information content (AvgIpc) is 2.66. The molecule has 0 unspecified atom stereocenters. The van der Waals surface area contributed by atoms with Crippen molar-refractivity contribution in [2.45, 2.75) is 13.2 Å². The van der Waals surface area contributed by atoms with Gasteiger partial charge in [0.25, 0.3) is 5.91 Å². The quantitative estimate of drug-likeness (QED) is 0.612. The van der Waals surface area contributed by atoms with E-state index < -0.39 is 5.91 Å². The van der Waals surface area contributed by atoms with E-state index in [2.05, 4.69) is 15.9 Å². The van der Waals surface area contributed by atoms with Gasteiger partial charge in [0.15, 0.2) is 0 Å². The molecule has 4 nitrogen and oxygen atoms in total. The van der Waals surface area contributed by atoms with Gasteiger partial charge in [-0.3, -0.25) is 4.79 Å². The number of rotatable bonds is 7. The van der Waals surface area contributed by atoms with Crippen molar-refractivity contribution >= 4 is 21.8 Å². The molecule has 26 heavy (non-hydrogen) atoms. The van der Waals surface area contributed by atoms with Crippen LogP contribution in [0.3, 0.4) is 0 Å². The number of primary amides is 1. The van der Waals surface area contributed by atoms with Crippen LogP contribution in [-0.2, 0) is 13.2 Å². The molecule has 0 spiro atoms. The zero-order valence-electron chi connectivity index (χ0n) is 14.0. The summed E-state index contributed by atoms with van der Waals surface area (Å²) >= 11 is 3.33. The van der Waals surface area contributed by atoms with Gasteiger partial charge in [0.05, 0.1) is 5.56 Å². The maximum absolute atomic E-state index is 11.6. The minimum Gasteiger partial charge on any atom is -0.489 e. The van der Waals surface area contributed by atoms with E-state index in [1.165, 1.54) is 0 Å². The van der Waals surface area contributed by atoms with Crippen LogP contribution in [0.25, 0.3) is 0 Å². The highest BCUT2D eigenvalue weighted by Gasteiger charge is 2.10. The summed E-state index contributed by atoms with van der Waals surface area (Å²) in [6.45, 7) is 0.814. The van der Waals surface area contributed by atoms with E-state index in [4.69, 9.17) is 15.2 Å². The van der Waals surface area contributed by atoms with Crippen molar-refractivity contribution in [3.05, 3.63) is 94.0 Å². The third-order valence-electron chi connectivity index (χ3n) is 3.75. The maximum Gasteiger partial charge on any atom is 0.252 e. The highest BCUT2D eigenvalue weighted by Crippen LogP contribution is 2.24. The number of carbonyl (C=O) groups excluding carboxylic acids is 1. The summed E-state index contributed by atoms with van der Waals surface area (Å²) in [5.74, 6) is 0.693. The van der Waals surface area contributed by atoms with Crippen LogP contribution in [0.1, 0.15) is 21.5 Å². The molecule has 0 saturated carbocycles. The number of nitrogens with two attached hydrogens (primary N) is 1. The third-order valence-corrected chi connectivity index (χ3v) is 4.24. The Morgan fingerprint density at radius 1 is 0.846 bits per heavy atom. The van der Waals surface area contributed by atoms with Gasteiger partial charge in [0, 0.05) is 4.47 Å². The number of halogens is 1. The molecule has 0 fully saturated rings. The Balaban J connectivity index is 1.65. The molecule has 1 amide bonds. The second-order valence-corrected chi connectivity index (χ2v) is 6.63. The number of hydrogen-bond donors (Lipinski definition) is 1. The number of ether oxygens (including phenoxy) is 2. The molecule has 0 aliphatic heterocycles. The smallest absolute Gasteiger partial charge is 0.252 e. The predicted octanol–water partition coefficient (Wildman–Crippen LogP) is 4.71. The first kappa shape index (κ1) is 18.0. The highest BCUT2D eigenvalue weighted by molar-refractivity contribution is 9.10. The summed E-state index contributed by atoms with van der Waals surface area (Å²) in [4.78, 5) is 11.6. The van der Waals surface area contributed by atoms with Crippen molar-refractivity contribution in [3.63, 3.8) is 0 Å². The van der Waals surface area contributed by atoms with Gasteiger partial charge >= 0.3 is 0 Å². The molecule has 5 heteroatoms. The van der Waals surface area contributed by atoms with Crippen molar-refractivity contribution < 1.29 is 14.3 Å². The molecular formula is C21H18BrNO3. The lowest BCUT2D eigenvalue weighted by Gasteiger charge is -2.11. The van der Waals surface area contributed by atoms with E-state index in [0.717, 1.165) is 21.3 Å². The molecule has 0 heterocycles. The summed E-state index contributed by atoms with van der Waals surface area (Å²) in [7, 11) is 0. The van der Waals surface area contributed by atoms with E-state index >= 15 is 0 Å². The molecule has 0 aromatic heterocycles. The molecule has 3 aromatic rings. The van der Waals surface area contributed by atoms with Gasteiger partial charge < -0.3 is 15.2 Å². The van der Waals surface area contributed by atoms with Gasteiger partial charge in [-0.1, -0.05) is 58.4 Å². The zero-order chi connectivity index (χ0) is 18.4. The first-order valence-electron chi connectivity index (χ1n) is 8.09. The van der Waals surface area contributed by atoms with Crippen LogP contribution >= 0.6 is 15.9 Å². The van der Waals surface area contributed by atoms with Gasteiger partial charge in [-0.2, -0.15) is 0 Å². The highest BCUT2D eigenvalue weighted by atomic mass is 79.9. The average molecular weight is 412 g/mol. The zero-order valence-corrected chi connectivity index (χ0v) is 15.6. The number of benzene rings is 3. The van der Waals surface area contributed by atoms with Crippen LogP contribution in [0.15, 0.2) is 77.3 Å². The SMILES string of the molecule is NC(=O)c1cc(Br)ccc1OCc1cccc(OCc2ccccc2)c1. The molecule has 2 N–H and O–H groups in total. The summed E-state index contributed by atoms with van der Waals surface area (Å²) < 4.78 is 12.4. The van der Waals surface area contributed by atoms with Crippen molar-refractivity contribution in [1.29, 1.82) is 0 Å². The van der Waals surface area contributed by atoms with Gasteiger partial charge in [-0.25, -0.2) is 0 Å².